The summed E-state index contributed by atoms with van der Waals surface area (Å²) in [6.45, 7) is 0. The first-order chi connectivity index (χ1) is 15.0. The molecule has 1 aromatic heterocycles. The van der Waals surface area contributed by atoms with Crippen LogP contribution in [-0.2, 0) is 11.2 Å². The van der Waals surface area contributed by atoms with Crippen molar-refractivity contribution in [2.75, 3.05) is 17.7 Å². The average Bonchev–Trinajstić information content (AvgIpc) is 3.14. The molecule has 0 spiro atoms. The van der Waals surface area contributed by atoms with E-state index in [1.807, 2.05) is 6.07 Å². The van der Waals surface area contributed by atoms with Crippen LogP contribution in [0.3, 0.4) is 0 Å². The summed E-state index contributed by atoms with van der Waals surface area (Å²) in [5.41, 5.74) is 2.22. The number of hydrogen-bond acceptors (Lipinski definition) is 4. The van der Waals surface area contributed by atoms with Crippen molar-refractivity contribution in [3.05, 3.63) is 89.1 Å². The normalized spacial score (nSPS) is 10.6. The van der Waals surface area contributed by atoms with Gasteiger partial charge in [0.2, 0.25) is 11.7 Å². The van der Waals surface area contributed by atoms with E-state index in [1.54, 1.807) is 73.8 Å². The van der Waals surface area contributed by atoms with E-state index < -0.39 is 5.91 Å². The number of amides is 2. The molecule has 0 aliphatic heterocycles. The molecule has 0 unspecified atom stereocenters. The van der Waals surface area contributed by atoms with Gasteiger partial charge in [0.1, 0.15) is 17.0 Å². The summed E-state index contributed by atoms with van der Waals surface area (Å²) < 4.78 is 10.9. The standard InChI is InChI=1S/C24H19ClN2O4/c1-30-18-12-10-17(11-13-18)26-24(29)23-22(19-4-2-3-5-20(19)31-23)27-21(28)14-15-6-8-16(25)9-7-15/h2-13H,14H2,1H3,(H,26,29)(H,27,28). The Morgan fingerprint density at radius 3 is 2.35 bits per heavy atom. The third-order valence-electron chi connectivity index (χ3n) is 4.69. The third kappa shape index (κ3) is 4.70. The summed E-state index contributed by atoms with van der Waals surface area (Å²) >= 11 is 5.90. The number of carbonyl (C=O) groups is 2. The van der Waals surface area contributed by atoms with Crippen LogP contribution in [0.25, 0.3) is 11.0 Å². The maximum absolute atomic E-state index is 12.9. The van der Waals surface area contributed by atoms with Crippen LogP contribution in [0.5, 0.6) is 5.75 Å². The predicted octanol–water partition coefficient (Wildman–Crippen LogP) is 5.53. The molecule has 0 aliphatic carbocycles. The number of carbonyl (C=O) groups excluding carboxylic acids is 2. The molecule has 156 valence electrons. The molecule has 0 bridgehead atoms. The molecule has 1 heterocycles. The second-order valence-electron chi connectivity index (χ2n) is 6.84. The molecule has 4 rings (SSSR count). The minimum atomic E-state index is -0.469. The first-order valence-electron chi connectivity index (χ1n) is 9.55. The van der Waals surface area contributed by atoms with Crippen molar-refractivity contribution in [3.63, 3.8) is 0 Å². The number of furan rings is 1. The van der Waals surface area contributed by atoms with Crippen LogP contribution in [0.15, 0.2) is 77.2 Å². The minimum absolute atomic E-state index is 0.0291. The van der Waals surface area contributed by atoms with E-state index in [2.05, 4.69) is 10.6 Å². The van der Waals surface area contributed by atoms with Gasteiger partial charge in [0, 0.05) is 16.1 Å². The molecule has 0 fully saturated rings. The van der Waals surface area contributed by atoms with Gasteiger partial charge < -0.3 is 19.8 Å². The molecule has 31 heavy (non-hydrogen) atoms. The maximum Gasteiger partial charge on any atom is 0.293 e. The van der Waals surface area contributed by atoms with Crippen molar-refractivity contribution >= 4 is 45.8 Å². The van der Waals surface area contributed by atoms with Crippen molar-refractivity contribution < 1.29 is 18.7 Å². The lowest BCUT2D eigenvalue weighted by atomic mass is 10.1. The van der Waals surface area contributed by atoms with Gasteiger partial charge in [-0.15, -0.1) is 0 Å². The Bertz CT molecular complexity index is 1230. The predicted molar refractivity (Wildman–Crippen MR) is 121 cm³/mol. The number of hydrogen-bond donors (Lipinski definition) is 2. The zero-order valence-corrected chi connectivity index (χ0v) is 17.4. The first kappa shape index (κ1) is 20.5. The number of methoxy groups -OCH3 is 1. The maximum atomic E-state index is 12.9. The number of ether oxygens (including phenoxy) is 1. The van der Waals surface area contributed by atoms with E-state index in [9.17, 15) is 9.59 Å². The van der Waals surface area contributed by atoms with E-state index in [-0.39, 0.29) is 18.1 Å². The Hall–Kier alpha value is -3.77. The molecule has 2 amide bonds. The molecule has 0 aliphatic rings. The zero-order chi connectivity index (χ0) is 21.8. The molecule has 0 atom stereocenters. The largest absolute Gasteiger partial charge is 0.497 e. The van der Waals surface area contributed by atoms with Crippen molar-refractivity contribution in [2.24, 2.45) is 0 Å². The Balaban J connectivity index is 1.59. The highest BCUT2D eigenvalue weighted by molar-refractivity contribution is 6.30. The quantitative estimate of drug-likeness (QED) is 0.418. The lowest BCUT2D eigenvalue weighted by Gasteiger charge is -2.08. The van der Waals surface area contributed by atoms with Crippen molar-refractivity contribution in [1.82, 2.24) is 0 Å². The Kier molecular flexibility index (Phi) is 5.91. The van der Waals surface area contributed by atoms with Crippen LogP contribution in [0.1, 0.15) is 16.1 Å². The summed E-state index contributed by atoms with van der Waals surface area (Å²) in [6, 6.07) is 21.1. The van der Waals surface area contributed by atoms with E-state index in [0.29, 0.717) is 33.1 Å². The fourth-order valence-electron chi connectivity index (χ4n) is 3.16. The second-order valence-corrected chi connectivity index (χ2v) is 7.27. The number of fused-ring (bicyclic) bond motifs is 1. The van der Waals surface area contributed by atoms with Crippen LogP contribution >= 0.6 is 11.6 Å². The number of anilines is 2. The van der Waals surface area contributed by atoms with Gasteiger partial charge in [0.05, 0.1) is 13.5 Å². The summed E-state index contributed by atoms with van der Waals surface area (Å²) in [5, 5.41) is 6.87. The van der Waals surface area contributed by atoms with E-state index in [4.69, 9.17) is 20.8 Å². The molecule has 0 saturated heterocycles. The summed E-state index contributed by atoms with van der Waals surface area (Å²) in [4.78, 5) is 25.6. The molecule has 0 saturated carbocycles. The smallest absolute Gasteiger partial charge is 0.293 e. The van der Waals surface area contributed by atoms with Crippen LogP contribution in [0.2, 0.25) is 5.02 Å². The summed E-state index contributed by atoms with van der Waals surface area (Å²) in [7, 11) is 1.57. The average molecular weight is 435 g/mol. The van der Waals surface area contributed by atoms with Gasteiger partial charge in [0.25, 0.3) is 5.91 Å². The van der Waals surface area contributed by atoms with Gasteiger partial charge in [-0.2, -0.15) is 0 Å². The molecule has 3 aromatic carbocycles. The van der Waals surface area contributed by atoms with Gasteiger partial charge in [-0.25, -0.2) is 0 Å². The van der Waals surface area contributed by atoms with Gasteiger partial charge in [-0.3, -0.25) is 9.59 Å². The van der Waals surface area contributed by atoms with E-state index in [1.165, 1.54) is 0 Å². The number of para-hydroxylation sites is 1. The van der Waals surface area contributed by atoms with Gasteiger partial charge in [-0.05, 0) is 54.1 Å². The van der Waals surface area contributed by atoms with Crippen molar-refractivity contribution in [3.8, 4) is 5.75 Å². The molecular weight excluding hydrogens is 416 g/mol. The van der Waals surface area contributed by atoms with Crippen LogP contribution in [-0.4, -0.2) is 18.9 Å². The van der Waals surface area contributed by atoms with Gasteiger partial charge in [-0.1, -0.05) is 35.9 Å². The third-order valence-corrected chi connectivity index (χ3v) is 4.94. The van der Waals surface area contributed by atoms with Gasteiger partial charge in [0.15, 0.2) is 0 Å². The zero-order valence-electron chi connectivity index (χ0n) is 16.6. The monoisotopic (exact) mass is 434 g/mol. The second kappa shape index (κ2) is 8.93. The summed E-state index contributed by atoms with van der Waals surface area (Å²) in [6.07, 6.45) is 0.135. The number of nitrogens with one attached hydrogen (secondary N) is 2. The van der Waals surface area contributed by atoms with Gasteiger partial charge >= 0.3 is 0 Å². The number of halogens is 1. The van der Waals surface area contributed by atoms with Crippen molar-refractivity contribution in [1.29, 1.82) is 0 Å². The van der Waals surface area contributed by atoms with Crippen LogP contribution in [0, 0.1) is 0 Å². The highest BCUT2D eigenvalue weighted by Gasteiger charge is 2.22. The molecule has 6 nitrogen and oxygen atoms in total. The highest BCUT2D eigenvalue weighted by atomic mass is 35.5. The van der Waals surface area contributed by atoms with Crippen LogP contribution in [0.4, 0.5) is 11.4 Å². The Morgan fingerprint density at radius 1 is 0.935 bits per heavy atom. The first-order valence-corrected chi connectivity index (χ1v) is 9.92. The Morgan fingerprint density at radius 2 is 1.65 bits per heavy atom. The fourth-order valence-corrected chi connectivity index (χ4v) is 3.29. The lowest BCUT2D eigenvalue weighted by Crippen LogP contribution is -2.18. The number of benzene rings is 3. The Labute approximate surface area is 183 Å². The molecule has 7 heteroatoms. The van der Waals surface area contributed by atoms with Crippen molar-refractivity contribution in [2.45, 2.75) is 6.42 Å². The lowest BCUT2D eigenvalue weighted by molar-refractivity contribution is -0.115. The fraction of sp³-hybridized carbons (Fsp3) is 0.0833. The molecule has 2 N–H and O–H groups in total. The number of rotatable bonds is 6. The van der Waals surface area contributed by atoms with E-state index in [0.717, 1.165) is 5.56 Å². The molecule has 4 aromatic rings. The SMILES string of the molecule is COc1ccc(NC(=O)c2oc3ccccc3c2NC(=O)Cc2ccc(Cl)cc2)cc1. The molecule has 0 radical (unpaired) electrons. The van der Waals surface area contributed by atoms with E-state index >= 15 is 0 Å². The van der Waals surface area contributed by atoms with Crippen LogP contribution < -0.4 is 15.4 Å². The molecular formula is C24H19ClN2O4. The summed E-state index contributed by atoms with van der Waals surface area (Å²) in [5.74, 6) is -0.0334. The minimum Gasteiger partial charge on any atom is -0.497 e. The topological polar surface area (TPSA) is 80.6 Å². The highest BCUT2D eigenvalue weighted by Crippen LogP contribution is 2.32.